The van der Waals surface area contributed by atoms with Crippen molar-refractivity contribution in [3.8, 4) is 0 Å². The van der Waals surface area contributed by atoms with Crippen LogP contribution in [0.25, 0.3) is 0 Å². The molecule has 0 radical (unpaired) electrons. The van der Waals surface area contributed by atoms with Gasteiger partial charge in [0.05, 0.1) is 5.92 Å². The van der Waals surface area contributed by atoms with Crippen LogP contribution in [0.15, 0.2) is 30.3 Å². The van der Waals surface area contributed by atoms with E-state index in [0.717, 1.165) is 18.4 Å². The Balaban J connectivity index is 2.39. The van der Waals surface area contributed by atoms with Gasteiger partial charge in [-0.3, -0.25) is 4.79 Å². The fraction of sp³-hybridized carbons (Fsp3) is 0.562. The van der Waals surface area contributed by atoms with Crippen molar-refractivity contribution in [3.63, 3.8) is 0 Å². The Bertz CT molecular complexity index is 334. The number of unbranched alkanes of at least 4 members (excludes halogenated alkanes) is 4. The molecule has 0 aromatic heterocycles. The highest BCUT2D eigenvalue weighted by molar-refractivity contribution is 5.85. The van der Waals surface area contributed by atoms with Crippen LogP contribution in [0, 0.1) is 0 Å². The molecule has 0 amide bonds. The van der Waals surface area contributed by atoms with Gasteiger partial charge >= 0.3 is 0 Å². The molecule has 0 aliphatic heterocycles. The van der Waals surface area contributed by atoms with Gasteiger partial charge in [-0.25, -0.2) is 0 Å². The monoisotopic (exact) mass is 247 g/mol. The minimum atomic E-state index is -0.114. The van der Waals surface area contributed by atoms with Crippen molar-refractivity contribution >= 4 is 5.78 Å². The maximum atomic E-state index is 12.1. The van der Waals surface area contributed by atoms with Gasteiger partial charge in [0.25, 0.3) is 0 Å². The number of nitrogens with two attached hydrogens (primary N) is 1. The van der Waals surface area contributed by atoms with Crippen LogP contribution in [-0.2, 0) is 4.79 Å². The lowest BCUT2D eigenvalue weighted by atomic mass is 9.92. The molecule has 100 valence electrons. The number of benzene rings is 1. The van der Waals surface area contributed by atoms with Crippen molar-refractivity contribution in [3.05, 3.63) is 35.9 Å². The lowest BCUT2D eigenvalue weighted by Crippen LogP contribution is -2.21. The molecule has 0 saturated carbocycles. The van der Waals surface area contributed by atoms with E-state index in [1.807, 2.05) is 30.3 Å². The van der Waals surface area contributed by atoms with Crippen molar-refractivity contribution in [2.45, 2.75) is 51.4 Å². The second kappa shape index (κ2) is 8.87. The van der Waals surface area contributed by atoms with Gasteiger partial charge in [0.15, 0.2) is 0 Å². The summed E-state index contributed by atoms with van der Waals surface area (Å²) < 4.78 is 0. The number of ketones is 1. The Hall–Kier alpha value is -1.15. The van der Waals surface area contributed by atoms with Crippen molar-refractivity contribution < 1.29 is 4.79 Å². The molecule has 2 heteroatoms. The van der Waals surface area contributed by atoms with Crippen LogP contribution < -0.4 is 5.73 Å². The molecule has 0 spiro atoms. The van der Waals surface area contributed by atoms with Gasteiger partial charge in [-0.2, -0.15) is 0 Å². The molecular formula is C16H25NO. The molecule has 0 heterocycles. The van der Waals surface area contributed by atoms with Gasteiger partial charge in [0.1, 0.15) is 5.78 Å². The van der Waals surface area contributed by atoms with Gasteiger partial charge in [-0.15, -0.1) is 0 Å². The second-order valence-electron chi connectivity index (χ2n) is 4.83. The first-order valence-corrected chi connectivity index (χ1v) is 7.07. The first kappa shape index (κ1) is 14.9. The average Bonchev–Trinajstić information content (AvgIpc) is 2.40. The highest BCUT2D eigenvalue weighted by Gasteiger charge is 2.17. The molecule has 1 rings (SSSR count). The highest BCUT2D eigenvalue weighted by Crippen LogP contribution is 2.18. The summed E-state index contributed by atoms with van der Waals surface area (Å²) in [5.41, 5.74) is 6.79. The van der Waals surface area contributed by atoms with E-state index in [9.17, 15) is 4.79 Å². The average molecular weight is 247 g/mol. The van der Waals surface area contributed by atoms with Gasteiger partial charge in [0.2, 0.25) is 0 Å². The fourth-order valence-corrected chi connectivity index (χ4v) is 2.22. The summed E-state index contributed by atoms with van der Waals surface area (Å²) in [7, 11) is 0. The first-order chi connectivity index (χ1) is 8.79. The third-order valence-corrected chi connectivity index (χ3v) is 3.35. The Morgan fingerprint density at radius 2 is 1.78 bits per heavy atom. The van der Waals surface area contributed by atoms with Gasteiger partial charge in [-0.1, -0.05) is 62.9 Å². The maximum Gasteiger partial charge on any atom is 0.141 e. The third-order valence-electron chi connectivity index (χ3n) is 3.35. The van der Waals surface area contributed by atoms with E-state index >= 15 is 0 Å². The quantitative estimate of drug-likeness (QED) is 0.677. The van der Waals surface area contributed by atoms with E-state index in [1.165, 1.54) is 19.3 Å². The zero-order valence-corrected chi connectivity index (χ0v) is 11.4. The number of carbonyl (C=O) groups excluding carboxylic acids is 1. The normalized spacial score (nSPS) is 12.3. The molecule has 0 aliphatic rings. The summed E-state index contributed by atoms with van der Waals surface area (Å²) in [4.78, 5) is 12.1. The molecule has 1 aromatic rings. The third kappa shape index (κ3) is 5.01. The van der Waals surface area contributed by atoms with Gasteiger partial charge < -0.3 is 5.73 Å². The van der Waals surface area contributed by atoms with Crippen LogP contribution in [-0.4, -0.2) is 12.3 Å². The lowest BCUT2D eigenvalue weighted by Gasteiger charge is -2.13. The largest absolute Gasteiger partial charge is 0.329 e. The summed E-state index contributed by atoms with van der Waals surface area (Å²) in [5, 5.41) is 0. The molecule has 2 nitrogen and oxygen atoms in total. The van der Waals surface area contributed by atoms with Crippen LogP contribution >= 0.6 is 0 Å². The van der Waals surface area contributed by atoms with Crippen molar-refractivity contribution in [2.75, 3.05) is 6.54 Å². The topological polar surface area (TPSA) is 43.1 Å². The van der Waals surface area contributed by atoms with E-state index < -0.39 is 0 Å². The van der Waals surface area contributed by atoms with E-state index in [1.54, 1.807) is 0 Å². The molecule has 2 N–H and O–H groups in total. The molecule has 1 atom stereocenters. The van der Waals surface area contributed by atoms with E-state index in [-0.39, 0.29) is 5.92 Å². The standard InChI is InChI=1S/C16H25NO/c1-2-3-4-5-9-12-16(18)15(13-17)14-10-7-6-8-11-14/h6-8,10-11,15H,2-5,9,12-13,17H2,1H3. The minimum Gasteiger partial charge on any atom is -0.329 e. The molecule has 18 heavy (non-hydrogen) atoms. The van der Waals surface area contributed by atoms with Crippen LogP contribution in [0.1, 0.15) is 56.9 Å². The number of rotatable bonds is 9. The summed E-state index contributed by atoms with van der Waals surface area (Å²) in [6.07, 6.45) is 6.58. The summed E-state index contributed by atoms with van der Waals surface area (Å²) in [5.74, 6) is 0.178. The summed E-state index contributed by atoms with van der Waals surface area (Å²) in [6.45, 7) is 2.61. The summed E-state index contributed by atoms with van der Waals surface area (Å²) in [6, 6.07) is 9.88. The molecule has 0 fully saturated rings. The van der Waals surface area contributed by atoms with Crippen LogP contribution in [0.4, 0.5) is 0 Å². The van der Waals surface area contributed by atoms with Crippen LogP contribution in [0.5, 0.6) is 0 Å². The zero-order valence-electron chi connectivity index (χ0n) is 11.4. The zero-order chi connectivity index (χ0) is 13.2. The number of Topliss-reactive ketones (excluding diaryl/α,β-unsaturated/α-hetero) is 1. The molecule has 0 saturated heterocycles. The Morgan fingerprint density at radius 1 is 1.11 bits per heavy atom. The van der Waals surface area contributed by atoms with Crippen LogP contribution in [0.3, 0.4) is 0 Å². The van der Waals surface area contributed by atoms with E-state index in [0.29, 0.717) is 18.7 Å². The van der Waals surface area contributed by atoms with E-state index in [2.05, 4.69) is 6.92 Å². The number of carbonyl (C=O) groups is 1. The maximum absolute atomic E-state index is 12.1. The molecule has 0 bridgehead atoms. The highest BCUT2D eigenvalue weighted by atomic mass is 16.1. The van der Waals surface area contributed by atoms with Crippen molar-refractivity contribution in [1.82, 2.24) is 0 Å². The molecule has 1 unspecified atom stereocenters. The summed E-state index contributed by atoms with van der Waals surface area (Å²) >= 11 is 0. The predicted octanol–water partition coefficient (Wildman–Crippen LogP) is 3.66. The Kier molecular flexibility index (Phi) is 7.35. The first-order valence-electron chi connectivity index (χ1n) is 7.07. The second-order valence-corrected chi connectivity index (χ2v) is 4.83. The minimum absolute atomic E-state index is 0.114. The van der Waals surface area contributed by atoms with E-state index in [4.69, 9.17) is 5.73 Å². The van der Waals surface area contributed by atoms with Gasteiger partial charge in [0, 0.05) is 13.0 Å². The molecule has 0 aliphatic carbocycles. The number of hydrogen-bond donors (Lipinski definition) is 1. The lowest BCUT2D eigenvalue weighted by molar-refractivity contribution is -0.120. The molecule has 1 aromatic carbocycles. The Morgan fingerprint density at radius 3 is 2.39 bits per heavy atom. The van der Waals surface area contributed by atoms with Crippen molar-refractivity contribution in [2.24, 2.45) is 5.73 Å². The predicted molar refractivity (Wildman–Crippen MR) is 76.6 cm³/mol. The molecular weight excluding hydrogens is 222 g/mol. The van der Waals surface area contributed by atoms with Crippen molar-refractivity contribution in [1.29, 1.82) is 0 Å². The SMILES string of the molecule is CCCCCCCC(=O)C(CN)c1ccccc1. The van der Waals surface area contributed by atoms with Gasteiger partial charge in [-0.05, 0) is 12.0 Å². The van der Waals surface area contributed by atoms with Crippen LogP contribution in [0.2, 0.25) is 0 Å². The smallest absolute Gasteiger partial charge is 0.141 e. The number of hydrogen-bond acceptors (Lipinski definition) is 2. The Labute approximate surface area is 111 Å². The fourth-order valence-electron chi connectivity index (χ4n) is 2.22.